The van der Waals surface area contributed by atoms with Crippen molar-refractivity contribution in [2.45, 2.75) is 13.5 Å². The van der Waals surface area contributed by atoms with Crippen LogP contribution in [-0.2, 0) is 11.3 Å². The summed E-state index contributed by atoms with van der Waals surface area (Å²) in [6.07, 6.45) is 1.38. The third kappa shape index (κ3) is 2.66. The number of hydrogen-bond donors (Lipinski definition) is 1. The average molecular weight is 311 g/mol. The van der Waals surface area contributed by atoms with Gasteiger partial charge in [-0.15, -0.1) is 0 Å². The Hall–Kier alpha value is -3.15. The molecule has 0 fully saturated rings. The summed E-state index contributed by atoms with van der Waals surface area (Å²) in [6, 6.07) is 9.85. The first-order valence-corrected chi connectivity index (χ1v) is 6.93. The van der Waals surface area contributed by atoms with Gasteiger partial charge in [-0.05, 0) is 37.3 Å². The van der Waals surface area contributed by atoms with E-state index in [1.807, 2.05) is 0 Å². The van der Waals surface area contributed by atoms with E-state index in [0.29, 0.717) is 22.6 Å². The molecule has 0 bridgehead atoms. The van der Waals surface area contributed by atoms with Gasteiger partial charge in [-0.3, -0.25) is 14.5 Å². The number of fused-ring (bicyclic) bond motifs is 1. The van der Waals surface area contributed by atoms with E-state index in [0.717, 1.165) is 4.90 Å². The normalized spacial score (nSPS) is 14.3. The Labute approximate surface area is 131 Å². The molecule has 0 aliphatic carbocycles. The first kappa shape index (κ1) is 14.8. The van der Waals surface area contributed by atoms with Gasteiger partial charge in [0.25, 0.3) is 11.8 Å². The zero-order chi connectivity index (χ0) is 16.6. The summed E-state index contributed by atoms with van der Waals surface area (Å²) in [5.74, 6) is -0.995. The Morgan fingerprint density at radius 2 is 1.74 bits per heavy atom. The van der Waals surface area contributed by atoms with Gasteiger partial charge >= 0.3 is 5.97 Å². The van der Waals surface area contributed by atoms with Crippen molar-refractivity contribution in [3.05, 3.63) is 64.6 Å². The molecule has 1 aromatic carbocycles. The van der Waals surface area contributed by atoms with Gasteiger partial charge in [-0.25, -0.2) is 4.79 Å². The quantitative estimate of drug-likeness (QED) is 0.692. The Balaban J connectivity index is 1.81. The summed E-state index contributed by atoms with van der Waals surface area (Å²) in [6.45, 7) is 1.46. The largest absolute Gasteiger partial charge is 0.478 e. The maximum absolute atomic E-state index is 12.3. The number of amides is 2. The van der Waals surface area contributed by atoms with Crippen LogP contribution in [0, 0.1) is 0 Å². The van der Waals surface area contributed by atoms with Crippen molar-refractivity contribution in [1.29, 1.82) is 0 Å². The van der Waals surface area contributed by atoms with E-state index >= 15 is 0 Å². The minimum absolute atomic E-state index is 0.00626. The summed E-state index contributed by atoms with van der Waals surface area (Å²) in [4.78, 5) is 36.4. The van der Waals surface area contributed by atoms with Crippen LogP contribution in [0.3, 0.4) is 0 Å². The molecule has 0 atom stereocenters. The van der Waals surface area contributed by atoms with Crippen LogP contribution in [0.15, 0.2) is 46.4 Å². The Morgan fingerprint density at radius 3 is 2.30 bits per heavy atom. The fraction of sp³-hybridized carbons (Fsp3) is 0.118. The number of rotatable bonds is 4. The van der Waals surface area contributed by atoms with Crippen molar-refractivity contribution in [3.63, 3.8) is 0 Å². The molecule has 23 heavy (non-hydrogen) atoms. The van der Waals surface area contributed by atoms with Crippen LogP contribution in [0.25, 0.3) is 6.08 Å². The van der Waals surface area contributed by atoms with Gasteiger partial charge < -0.3 is 9.52 Å². The molecule has 1 aromatic heterocycles. The number of carbonyl (C=O) groups is 3. The number of nitrogens with zero attached hydrogens (tertiary/aromatic N) is 1. The van der Waals surface area contributed by atoms with Gasteiger partial charge in [0.2, 0.25) is 0 Å². The highest BCUT2D eigenvalue weighted by Gasteiger charge is 2.35. The topological polar surface area (TPSA) is 87.8 Å². The maximum atomic E-state index is 12.3. The third-order valence-corrected chi connectivity index (χ3v) is 3.57. The molecule has 1 N–H and O–H groups in total. The van der Waals surface area contributed by atoms with E-state index in [1.165, 1.54) is 13.0 Å². The minimum Gasteiger partial charge on any atom is -0.478 e. The van der Waals surface area contributed by atoms with E-state index in [4.69, 9.17) is 9.52 Å². The fourth-order valence-electron chi connectivity index (χ4n) is 2.37. The standard InChI is InChI=1S/C17H13NO5/c1-10(17(21)22)8-11-6-7-12(23-11)9-18-15(19)13-4-2-3-5-14(13)16(18)20/h2-8H,9H2,1H3,(H,21,22)/b10-8+. The predicted octanol–water partition coefficient (Wildman–Crippen LogP) is 2.56. The number of carboxylic acids is 1. The zero-order valence-corrected chi connectivity index (χ0v) is 12.3. The van der Waals surface area contributed by atoms with Crippen LogP contribution >= 0.6 is 0 Å². The van der Waals surface area contributed by atoms with Gasteiger partial charge in [0.15, 0.2) is 0 Å². The molecular formula is C17H13NO5. The molecule has 116 valence electrons. The Kier molecular flexibility index (Phi) is 3.57. The second-order valence-electron chi connectivity index (χ2n) is 5.18. The van der Waals surface area contributed by atoms with Gasteiger partial charge in [0.1, 0.15) is 11.5 Å². The second kappa shape index (κ2) is 5.57. The molecule has 1 aliphatic heterocycles. The SMILES string of the molecule is C/C(=C\c1ccc(CN2C(=O)c3ccccc3C2=O)o1)C(=O)O. The molecule has 0 unspecified atom stereocenters. The van der Waals surface area contributed by atoms with E-state index in [-0.39, 0.29) is 23.9 Å². The number of carboxylic acid groups (broad SMARTS) is 1. The lowest BCUT2D eigenvalue weighted by atomic mass is 10.1. The van der Waals surface area contributed by atoms with Gasteiger partial charge in [0.05, 0.1) is 17.7 Å². The number of imide groups is 1. The number of carbonyl (C=O) groups excluding carboxylic acids is 2. The molecular weight excluding hydrogens is 298 g/mol. The lowest BCUT2D eigenvalue weighted by Crippen LogP contribution is -2.28. The van der Waals surface area contributed by atoms with E-state index in [9.17, 15) is 14.4 Å². The molecule has 1 aliphatic rings. The number of furan rings is 1. The molecule has 2 amide bonds. The Morgan fingerprint density at radius 1 is 1.13 bits per heavy atom. The lowest BCUT2D eigenvalue weighted by molar-refractivity contribution is -0.132. The van der Waals surface area contributed by atoms with E-state index in [1.54, 1.807) is 36.4 Å². The summed E-state index contributed by atoms with van der Waals surface area (Å²) >= 11 is 0. The summed E-state index contributed by atoms with van der Waals surface area (Å²) < 4.78 is 5.48. The molecule has 6 nitrogen and oxygen atoms in total. The highest BCUT2D eigenvalue weighted by Crippen LogP contribution is 2.25. The molecule has 2 aromatic rings. The molecule has 0 spiro atoms. The predicted molar refractivity (Wildman–Crippen MR) is 80.6 cm³/mol. The van der Waals surface area contributed by atoms with Crippen LogP contribution in [0.1, 0.15) is 39.2 Å². The monoisotopic (exact) mass is 311 g/mol. The average Bonchev–Trinajstić information content (AvgIpc) is 3.06. The van der Waals surface area contributed by atoms with Crippen molar-refractivity contribution in [2.24, 2.45) is 0 Å². The summed E-state index contributed by atoms with van der Waals surface area (Å²) in [7, 11) is 0. The highest BCUT2D eigenvalue weighted by atomic mass is 16.4. The smallest absolute Gasteiger partial charge is 0.331 e. The first-order chi connectivity index (χ1) is 11.0. The van der Waals surface area contributed by atoms with Crippen LogP contribution in [0.2, 0.25) is 0 Å². The van der Waals surface area contributed by atoms with Crippen LogP contribution < -0.4 is 0 Å². The van der Waals surface area contributed by atoms with E-state index < -0.39 is 5.97 Å². The number of hydrogen-bond acceptors (Lipinski definition) is 4. The van der Waals surface area contributed by atoms with Crippen molar-refractivity contribution in [3.8, 4) is 0 Å². The van der Waals surface area contributed by atoms with E-state index in [2.05, 4.69) is 0 Å². The summed E-state index contributed by atoms with van der Waals surface area (Å²) in [5.41, 5.74) is 0.892. The number of aliphatic carboxylic acids is 1. The van der Waals surface area contributed by atoms with Crippen molar-refractivity contribution in [1.82, 2.24) is 4.90 Å². The third-order valence-electron chi connectivity index (χ3n) is 3.57. The van der Waals surface area contributed by atoms with Crippen LogP contribution in [-0.4, -0.2) is 27.8 Å². The fourth-order valence-corrected chi connectivity index (χ4v) is 2.37. The molecule has 3 rings (SSSR count). The molecule has 0 radical (unpaired) electrons. The lowest BCUT2D eigenvalue weighted by Gasteiger charge is -2.11. The van der Waals surface area contributed by atoms with Crippen molar-refractivity contribution >= 4 is 23.9 Å². The zero-order valence-electron chi connectivity index (χ0n) is 12.3. The highest BCUT2D eigenvalue weighted by molar-refractivity contribution is 6.21. The molecule has 0 saturated heterocycles. The van der Waals surface area contributed by atoms with Crippen molar-refractivity contribution < 1.29 is 23.9 Å². The van der Waals surface area contributed by atoms with Crippen LogP contribution in [0.4, 0.5) is 0 Å². The number of benzene rings is 1. The van der Waals surface area contributed by atoms with Gasteiger partial charge in [0, 0.05) is 5.57 Å². The van der Waals surface area contributed by atoms with Crippen LogP contribution in [0.5, 0.6) is 0 Å². The van der Waals surface area contributed by atoms with Crippen molar-refractivity contribution in [2.75, 3.05) is 0 Å². The van der Waals surface area contributed by atoms with Gasteiger partial charge in [-0.1, -0.05) is 12.1 Å². The Bertz CT molecular complexity index is 811. The molecule has 6 heteroatoms. The maximum Gasteiger partial charge on any atom is 0.331 e. The second-order valence-corrected chi connectivity index (χ2v) is 5.18. The molecule has 2 heterocycles. The summed E-state index contributed by atoms with van der Waals surface area (Å²) in [5, 5.41) is 8.84. The molecule has 0 saturated carbocycles. The minimum atomic E-state index is -1.04. The van der Waals surface area contributed by atoms with Gasteiger partial charge in [-0.2, -0.15) is 0 Å². The first-order valence-electron chi connectivity index (χ1n) is 6.93.